The molecule has 2 amide bonds. The number of aromatic nitrogens is 2. The van der Waals surface area contributed by atoms with E-state index >= 15 is 0 Å². The monoisotopic (exact) mass is 490 g/mol. The molecule has 0 saturated carbocycles. The van der Waals surface area contributed by atoms with E-state index in [4.69, 9.17) is 0 Å². The minimum Gasteiger partial charge on any atom is -0.350 e. The molecule has 1 atom stereocenters. The van der Waals surface area contributed by atoms with E-state index in [1.54, 1.807) is 23.1 Å². The van der Waals surface area contributed by atoms with Crippen LogP contribution in [-0.2, 0) is 7.05 Å². The standard InChI is InChI=1S/C26H26N4O2S2/c1-16-7-6-8-18(13-16)24-23(28-17(2)34-24)26(32)30-11-12-33-22(30)14-27-25(31)20-15-29(3)21-10-5-4-9-19(20)21/h4-10,13,15,22H,11-12,14H2,1-3H3,(H,27,31). The van der Waals surface area contributed by atoms with Crippen molar-refractivity contribution in [2.24, 2.45) is 7.05 Å². The van der Waals surface area contributed by atoms with Crippen molar-refractivity contribution in [2.45, 2.75) is 19.2 Å². The van der Waals surface area contributed by atoms with Crippen LogP contribution >= 0.6 is 23.1 Å². The van der Waals surface area contributed by atoms with Crippen molar-refractivity contribution < 1.29 is 9.59 Å². The minimum absolute atomic E-state index is 0.0738. The average Bonchev–Trinajstić information content (AvgIpc) is 3.54. The van der Waals surface area contributed by atoms with Crippen LogP contribution in [0.4, 0.5) is 0 Å². The number of benzene rings is 2. The van der Waals surface area contributed by atoms with E-state index in [2.05, 4.69) is 16.4 Å². The lowest BCUT2D eigenvalue weighted by molar-refractivity contribution is 0.0747. The normalized spacial score (nSPS) is 15.7. The van der Waals surface area contributed by atoms with Gasteiger partial charge in [-0.3, -0.25) is 9.59 Å². The maximum absolute atomic E-state index is 13.6. The number of carbonyl (C=O) groups is 2. The molecule has 1 saturated heterocycles. The second-order valence-corrected chi connectivity index (χ2v) is 11.0. The van der Waals surface area contributed by atoms with Crippen molar-refractivity contribution in [3.05, 3.63) is 76.6 Å². The van der Waals surface area contributed by atoms with E-state index in [0.717, 1.165) is 37.7 Å². The van der Waals surface area contributed by atoms with Crippen molar-refractivity contribution in [1.29, 1.82) is 0 Å². The molecule has 5 rings (SSSR count). The molecule has 0 spiro atoms. The summed E-state index contributed by atoms with van der Waals surface area (Å²) < 4.78 is 1.96. The van der Waals surface area contributed by atoms with Gasteiger partial charge in [-0.05, 0) is 25.5 Å². The van der Waals surface area contributed by atoms with Crippen molar-refractivity contribution in [2.75, 3.05) is 18.8 Å². The molecule has 0 bridgehead atoms. The summed E-state index contributed by atoms with van der Waals surface area (Å²) in [7, 11) is 1.94. The Labute approximate surface area is 207 Å². The molecule has 1 aliphatic heterocycles. The molecular weight excluding hydrogens is 464 g/mol. The number of thioether (sulfide) groups is 1. The number of aryl methyl sites for hydroxylation is 3. The number of nitrogens with one attached hydrogen (secondary N) is 1. The first kappa shape index (κ1) is 22.7. The van der Waals surface area contributed by atoms with Crippen molar-refractivity contribution in [3.63, 3.8) is 0 Å². The summed E-state index contributed by atoms with van der Waals surface area (Å²) in [4.78, 5) is 33.9. The molecule has 174 valence electrons. The van der Waals surface area contributed by atoms with Gasteiger partial charge in [-0.15, -0.1) is 23.1 Å². The lowest BCUT2D eigenvalue weighted by Gasteiger charge is -2.23. The fraction of sp³-hybridized carbons (Fsp3) is 0.269. The molecule has 2 aromatic heterocycles. The third kappa shape index (κ3) is 4.23. The van der Waals surface area contributed by atoms with Gasteiger partial charge < -0.3 is 14.8 Å². The molecule has 3 heterocycles. The number of rotatable bonds is 5. The Balaban J connectivity index is 1.34. The number of para-hydroxylation sites is 1. The molecule has 8 heteroatoms. The Kier molecular flexibility index (Phi) is 6.18. The van der Waals surface area contributed by atoms with Gasteiger partial charge in [0.15, 0.2) is 0 Å². The van der Waals surface area contributed by atoms with Gasteiger partial charge in [0.2, 0.25) is 0 Å². The van der Waals surface area contributed by atoms with Crippen LogP contribution in [0.5, 0.6) is 0 Å². The first-order valence-corrected chi connectivity index (χ1v) is 13.1. The number of amides is 2. The highest BCUT2D eigenvalue weighted by molar-refractivity contribution is 8.00. The summed E-state index contributed by atoms with van der Waals surface area (Å²) in [5.74, 6) is 0.639. The summed E-state index contributed by atoms with van der Waals surface area (Å²) in [5, 5.41) is 4.72. The van der Waals surface area contributed by atoms with Gasteiger partial charge in [0, 0.05) is 43.0 Å². The van der Waals surface area contributed by atoms with E-state index in [-0.39, 0.29) is 17.2 Å². The second-order valence-electron chi connectivity index (χ2n) is 8.48. The molecule has 6 nitrogen and oxygen atoms in total. The summed E-state index contributed by atoms with van der Waals surface area (Å²) in [6.07, 6.45) is 1.86. The third-order valence-electron chi connectivity index (χ3n) is 6.05. The highest BCUT2D eigenvalue weighted by atomic mass is 32.2. The van der Waals surface area contributed by atoms with E-state index in [9.17, 15) is 9.59 Å². The molecule has 1 N–H and O–H groups in total. The molecule has 1 aliphatic rings. The van der Waals surface area contributed by atoms with E-state index in [1.807, 2.05) is 79.0 Å². The van der Waals surface area contributed by atoms with E-state index in [1.165, 1.54) is 0 Å². The van der Waals surface area contributed by atoms with Gasteiger partial charge >= 0.3 is 0 Å². The molecule has 4 aromatic rings. The lowest BCUT2D eigenvalue weighted by Crippen LogP contribution is -2.42. The van der Waals surface area contributed by atoms with Crippen LogP contribution in [0.15, 0.2) is 54.7 Å². The van der Waals surface area contributed by atoms with Crippen LogP contribution in [0, 0.1) is 13.8 Å². The Morgan fingerprint density at radius 1 is 1.15 bits per heavy atom. The van der Waals surface area contributed by atoms with Crippen LogP contribution in [0.1, 0.15) is 31.4 Å². The lowest BCUT2D eigenvalue weighted by atomic mass is 10.1. The maximum atomic E-state index is 13.6. The van der Waals surface area contributed by atoms with Gasteiger partial charge in [0.05, 0.1) is 20.8 Å². The average molecular weight is 491 g/mol. The second kappa shape index (κ2) is 9.27. The van der Waals surface area contributed by atoms with Gasteiger partial charge in [0.25, 0.3) is 11.8 Å². The molecule has 1 fully saturated rings. The first-order valence-electron chi connectivity index (χ1n) is 11.2. The van der Waals surface area contributed by atoms with Crippen LogP contribution < -0.4 is 5.32 Å². The number of carbonyl (C=O) groups excluding carboxylic acids is 2. The Hall–Kier alpha value is -3.10. The molecular formula is C26H26N4O2S2. The SMILES string of the molecule is Cc1cccc(-c2sc(C)nc2C(=O)N2CCSC2CNC(=O)c2cn(C)c3ccccc23)c1. The summed E-state index contributed by atoms with van der Waals surface area (Å²) in [6.45, 7) is 5.01. The predicted octanol–water partition coefficient (Wildman–Crippen LogP) is 4.86. The van der Waals surface area contributed by atoms with Gasteiger partial charge in [0.1, 0.15) is 5.69 Å². The van der Waals surface area contributed by atoms with Gasteiger partial charge in [-0.2, -0.15) is 0 Å². The predicted molar refractivity (Wildman–Crippen MR) is 140 cm³/mol. The van der Waals surface area contributed by atoms with Crippen molar-refractivity contribution in [3.8, 4) is 10.4 Å². The molecule has 0 aliphatic carbocycles. The van der Waals surface area contributed by atoms with Crippen LogP contribution in [-0.4, -0.2) is 50.5 Å². The minimum atomic E-state index is -0.126. The Morgan fingerprint density at radius 2 is 1.97 bits per heavy atom. The molecule has 0 radical (unpaired) electrons. The number of fused-ring (bicyclic) bond motifs is 1. The number of thiazole rings is 1. The summed E-state index contributed by atoms with van der Waals surface area (Å²) in [5.41, 5.74) is 4.33. The van der Waals surface area contributed by atoms with Gasteiger partial charge in [-0.1, -0.05) is 48.0 Å². The van der Waals surface area contributed by atoms with Crippen LogP contribution in [0.2, 0.25) is 0 Å². The zero-order chi connectivity index (χ0) is 23.8. The quantitative estimate of drug-likeness (QED) is 0.434. The third-order valence-corrected chi connectivity index (χ3v) is 8.29. The Morgan fingerprint density at radius 3 is 2.79 bits per heavy atom. The van der Waals surface area contributed by atoms with E-state index < -0.39 is 0 Å². The zero-order valence-electron chi connectivity index (χ0n) is 19.4. The van der Waals surface area contributed by atoms with Gasteiger partial charge in [-0.25, -0.2) is 4.98 Å². The van der Waals surface area contributed by atoms with Crippen molar-refractivity contribution >= 4 is 45.8 Å². The highest BCUT2D eigenvalue weighted by Crippen LogP contribution is 2.34. The first-order chi connectivity index (χ1) is 16.4. The largest absolute Gasteiger partial charge is 0.350 e. The van der Waals surface area contributed by atoms with Crippen LogP contribution in [0.25, 0.3) is 21.3 Å². The number of hydrogen-bond donors (Lipinski definition) is 1. The zero-order valence-corrected chi connectivity index (χ0v) is 21.0. The highest BCUT2D eigenvalue weighted by Gasteiger charge is 2.33. The fourth-order valence-corrected chi connectivity index (χ4v) is 6.47. The Bertz CT molecular complexity index is 1390. The summed E-state index contributed by atoms with van der Waals surface area (Å²) >= 11 is 3.24. The van der Waals surface area contributed by atoms with Crippen LogP contribution in [0.3, 0.4) is 0 Å². The number of hydrogen-bond acceptors (Lipinski definition) is 5. The number of nitrogens with zero attached hydrogens (tertiary/aromatic N) is 3. The molecule has 34 heavy (non-hydrogen) atoms. The van der Waals surface area contributed by atoms with E-state index in [0.29, 0.717) is 24.3 Å². The van der Waals surface area contributed by atoms with Crippen molar-refractivity contribution in [1.82, 2.24) is 19.8 Å². The maximum Gasteiger partial charge on any atom is 0.274 e. The fourth-order valence-electron chi connectivity index (χ4n) is 4.41. The molecule has 1 unspecified atom stereocenters. The summed E-state index contributed by atoms with van der Waals surface area (Å²) in [6, 6.07) is 16.0. The molecule has 2 aromatic carbocycles. The smallest absolute Gasteiger partial charge is 0.274 e. The topological polar surface area (TPSA) is 67.2 Å².